The van der Waals surface area contributed by atoms with E-state index in [1.807, 2.05) is 28.5 Å². The summed E-state index contributed by atoms with van der Waals surface area (Å²) in [5.41, 5.74) is 1.16. The van der Waals surface area contributed by atoms with Crippen molar-refractivity contribution < 1.29 is 9.59 Å². The number of likely N-dealkylation sites (tertiary alicyclic amines) is 1. The first-order valence-corrected chi connectivity index (χ1v) is 10.3. The van der Waals surface area contributed by atoms with Crippen molar-refractivity contribution in [3.8, 4) is 0 Å². The van der Waals surface area contributed by atoms with Crippen molar-refractivity contribution in [2.45, 2.75) is 39.0 Å². The molecule has 3 rings (SSSR count). The van der Waals surface area contributed by atoms with Crippen molar-refractivity contribution in [1.82, 2.24) is 4.90 Å². The third-order valence-electron chi connectivity index (χ3n) is 4.98. The lowest BCUT2D eigenvalue weighted by Gasteiger charge is -2.22. The Morgan fingerprint density at radius 2 is 2.00 bits per heavy atom. The van der Waals surface area contributed by atoms with E-state index in [0.717, 1.165) is 31.8 Å². The smallest absolute Gasteiger partial charge is 0.265 e. The summed E-state index contributed by atoms with van der Waals surface area (Å²) < 4.78 is 0. The third kappa shape index (κ3) is 4.52. The molecule has 0 bridgehead atoms. The summed E-state index contributed by atoms with van der Waals surface area (Å²) in [6, 6.07) is 10.9. The first kappa shape index (κ1) is 18.6. The van der Waals surface area contributed by atoms with Crippen LogP contribution in [-0.4, -0.2) is 29.8 Å². The summed E-state index contributed by atoms with van der Waals surface area (Å²) in [6.07, 6.45) is 5.78. The van der Waals surface area contributed by atoms with E-state index in [4.69, 9.17) is 0 Å². The van der Waals surface area contributed by atoms with Gasteiger partial charge in [-0.05, 0) is 48.8 Å². The monoisotopic (exact) mass is 370 g/mol. The van der Waals surface area contributed by atoms with Gasteiger partial charge in [0, 0.05) is 13.1 Å². The fraction of sp³-hybridized carbons (Fsp3) is 0.429. The largest absolute Gasteiger partial charge is 0.339 e. The maximum absolute atomic E-state index is 13.1. The number of hydrogen-bond donors (Lipinski definition) is 1. The van der Waals surface area contributed by atoms with Gasteiger partial charge in [-0.2, -0.15) is 0 Å². The number of amides is 2. The fourth-order valence-electron chi connectivity index (χ4n) is 3.61. The number of thiophene rings is 1. The highest BCUT2D eigenvalue weighted by Gasteiger charge is 2.23. The van der Waals surface area contributed by atoms with Crippen LogP contribution in [0.3, 0.4) is 0 Å². The van der Waals surface area contributed by atoms with Gasteiger partial charge in [0.2, 0.25) is 0 Å². The lowest BCUT2D eigenvalue weighted by atomic mass is 9.96. The molecule has 138 valence electrons. The molecule has 1 aliphatic heterocycles. The summed E-state index contributed by atoms with van der Waals surface area (Å²) in [7, 11) is 0. The minimum absolute atomic E-state index is 0.0178. The van der Waals surface area contributed by atoms with E-state index in [1.165, 1.54) is 30.6 Å². The molecule has 4 nitrogen and oxygen atoms in total. The van der Waals surface area contributed by atoms with Crippen molar-refractivity contribution >= 4 is 28.8 Å². The second-order valence-electron chi connectivity index (χ2n) is 6.85. The van der Waals surface area contributed by atoms with Crippen molar-refractivity contribution in [2.75, 3.05) is 18.4 Å². The molecule has 1 aromatic carbocycles. The van der Waals surface area contributed by atoms with Gasteiger partial charge in [0.15, 0.2) is 0 Å². The average Bonchev–Trinajstić information content (AvgIpc) is 3.09. The van der Waals surface area contributed by atoms with Crippen LogP contribution in [0.5, 0.6) is 0 Å². The summed E-state index contributed by atoms with van der Waals surface area (Å²) in [4.78, 5) is 28.0. The number of nitrogens with one attached hydrogen (secondary N) is 1. The van der Waals surface area contributed by atoms with Gasteiger partial charge in [0.1, 0.15) is 0 Å². The molecule has 5 heteroatoms. The van der Waals surface area contributed by atoms with E-state index in [1.54, 1.807) is 18.2 Å². The maximum Gasteiger partial charge on any atom is 0.265 e. The van der Waals surface area contributed by atoms with Crippen LogP contribution in [0.1, 0.15) is 59.1 Å². The molecule has 0 radical (unpaired) electrons. The predicted octanol–water partition coefficient (Wildman–Crippen LogP) is 5.04. The molecule has 2 aromatic rings. The zero-order chi connectivity index (χ0) is 18.4. The lowest BCUT2D eigenvalue weighted by molar-refractivity contribution is 0.0761. The number of nitrogens with zero attached hydrogens (tertiary/aromatic N) is 1. The SMILES string of the molecule is CCCC1CCCN(C(=O)c2ccccc2NC(=O)c2cccs2)CC1. The van der Waals surface area contributed by atoms with Crippen molar-refractivity contribution in [1.29, 1.82) is 0 Å². The van der Waals surface area contributed by atoms with Gasteiger partial charge in [-0.15, -0.1) is 11.3 Å². The Hall–Kier alpha value is -2.14. The van der Waals surface area contributed by atoms with Gasteiger partial charge >= 0.3 is 0 Å². The maximum atomic E-state index is 13.1. The predicted molar refractivity (Wildman–Crippen MR) is 107 cm³/mol. The van der Waals surface area contributed by atoms with Gasteiger partial charge in [0.25, 0.3) is 11.8 Å². The number of rotatable bonds is 5. The highest BCUT2D eigenvalue weighted by atomic mass is 32.1. The highest BCUT2D eigenvalue weighted by Crippen LogP contribution is 2.25. The molecule has 1 unspecified atom stereocenters. The van der Waals surface area contributed by atoms with E-state index >= 15 is 0 Å². The van der Waals surface area contributed by atoms with Crippen LogP contribution in [0.2, 0.25) is 0 Å². The topological polar surface area (TPSA) is 49.4 Å². The molecular formula is C21H26N2O2S. The second kappa shape index (κ2) is 8.99. The molecule has 1 fully saturated rings. The Balaban J connectivity index is 1.72. The summed E-state index contributed by atoms with van der Waals surface area (Å²) in [5, 5.41) is 4.77. The normalized spacial score (nSPS) is 17.6. The minimum atomic E-state index is -0.167. The summed E-state index contributed by atoms with van der Waals surface area (Å²) in [6.45, 7) is 3.82. The second-order valence-corrected chi connectivity index (χ2v) is 7.80. The molecule has 1 aromatic heterocycles. The molecule has 2 amide bonds. The minimum Gasteiger partial charge on any atom is -0.339 e. The molecule has 0 spiro atoms. The molecule has 0 saturated carbocycles. The van der Waals surface area contributed by atoms with Crippen LogP contribution in [0.25, 0.3) is 0 Å². The number of anilines is 1. The number of hydrogen-bond acceptors (Lipinski definition) is 3. The Bertz CT molecular complexity index is 742. The number of benzene rings is 1. The van der Waals surface area contributed by atoms with E-state index in [0.29, 0.717) is 16.1 Å². The molecular weight excluding hydrogens is 344 g/mol. The molecule has 1 atom stereocenters. The molecule has 0 aliphatic carbocycles. The molecule has 26 heavy (non-hydrogen) atoms. The standard InChI is InChI=1S/C21H26N2O2S/c1-2-7-16-8-5-13-23(14-12-16)21(25)17-9-3-4-10-18(17)22-20(24)19-11-6-15-26-19/h3-4,6,9-11,15-16H,2,5,7-8,12-14H2,1H3,(H,22,24). The number of para-hydroxylation sites is 1. The average molecular weight is 371 g/mol. The number of carbonyl (C=O) groups excluding carboxylic acids is 2. The van der Waals surface area contributed by atoms with Gasteiger partial charge in [-0.3, -0.25) is 9.59 Å². The summed E-state index contributed by atoms with van der Waals surface area (Å²) in [5.74, 6) is 0.579. The molecule has 1 aliphatic rings. The van der Waals surface area contributed by atoms with Gasteiger partial charge in [0.05, 0.1) is 16.1 Å². The third-order valence-corrected chi connectivity index (χ3v) is 5.85. The van der Waals surface area contributed by atoms with Crippen molar-refractivity contribution in [2.24, 2.45) is 5.92 Å². The fourth-order valence-corrected chi connectivity index (χ4v) is 4.22. The van der Waals surface area contributed by atoms with E-state index in [2.05, 4.69) is 12.2 Å². The molecule has 1 saturated heterocycles. The van der Waals surface area contributed by atoms with Crippen molar-refractivity contribution in [3.63, 3.8) is 0 Å². The van der Waals surface area contributed by atoms with Gasteiger partial charge in [-0.25, -0.2) is 0 Å². The Kier molecular flexibility index (Phi) is 6.45. The zero-order valence-electron chi connectivity index (χ0n) is 15.2. The Labute approximate surface area is 159 Å². The van der Waals surface area contributed by atoms with Crippen molar-refractivity contribution in [3.05, 3.63) is 52.2 Å². The van der Waals surface area contributed by atoms with Crippen LogP contribution in [-0.2, 0) is 0 Å². The van der Waals surface area contributed by atoms with Gasteiger partial charge < -0.3 is 10.2 Å². The molecule has 1 N–H and O–H groups in total. The Morgan fingerprint density at radius 1 is 1.15 bits per heavy atom. The van der Waals surface area contributed by atoms with Crippen LogP contribution in [0.4, 0.5) is 5.69 Å². The van der Waals surface area contributed by atoms with Crippen LogP contribution in [0.15, 0.2) is 41.8 Å². The first-order valence-electron chi connectivity index (χ1n) is 9.42. The number of carbonyl (C=O) groups is 2. The van der Waals surface area contributed by atoms with E-state index < -0.39 is 0 Å². The highest BCUT2D eigenvalue weighted by molar-refractivity contribution is 7.12. The van der Waals surface area contributed by atoms with E-state index in [9.17, 15) is 9.59 Å². The van der Waals surface area contributed by atoms with Crippen LogP contribution < -0.4 is 5.32 Å². The van der Waals surface area contributed by atoms with Crippen LogP contribution >= 0.6 is 11.3 Å². The summed E-state index contributed by atoms with van der Waals surface area (Å²) >= 11 is 1.39. The Morgan fingerprint density at radius 3 is 2.77 bits per heavy atom. The lowest BCUT2D eigenvalue weighted by Crippen LogP contribution is -2.32. The zero-order valence-corrected chi connectivity index (χ0v) is 16.1. The quantitative estimate of drug-likeness (QED) is 0.801. The first-order chi connectivity index (χ1) is 12.7. The molecule has 2 heterocycles. The van der Waals surface area contributed by atoms with Crippen LogP contribution in [0, 0.1) is 5.92 Å². The van der Waals surface area contributed by atoms with Gasteiger partial charge in [-0.1, -0.05) is 38.0 Å². The van der Waals surface area contributed by atoms with E-state index in [-0.39, 0.29) is 11.8 Å².